The van der Waals surface area contributed by atoms with Gasteiger partial charge in [0.05, 0.1) is 10.6 Å². The zero-order valence-corrected chi connectivity index (χ0v) is 14.3. The fraction of sp³-hybridized carbons (Fsp3) is 0.462. The van der Waals surface area contributed by atoms with Crippen LogP contribution in [0.4, 0.5) is 0 Å². The Labute approximate surface area is 138 Å². The molecule has 1 saturated carbocycles. The Kier molecular flexibility index (Phi) is 5.92. The van der Waals surface area contributed by atoms with Crippen molar-refractivity contribution in [3.05, 3.63) is 32.4 Å². The van der Waals surface area contributed by atoms with Crippen LogP contribution in [0.3, 0.4) is 0 Å². The zero-order chi connectivity index (χ0) is 13.3. The van der Waals surface area contributed by atoms with E-state index in [1.807, 2.05) is 6.92 Å². The average Bonchev–Trinajstić information content (AvgIpc) is 3.16. The number of amides is 1. The van der Waals surface area contributed by atoms with E-state index < -0.39 is 0 Å². The number of hydrogen-bond donors (Lipinski definition) is 2. The summed E-state index contributed by atoms with van der Waals surface area (Å²) >= 11 is 8.07. The molecule has 0 saturated heterocycles. The Morgan fingerprint density at radius 2 is 2.21 bits per heavy atom. The topological polar surface area (TPSA) is 55.1 Å². The molecular weight excluding hydrogens is 398 g/mol. The third-order valence-corrected chi connectivity index (χ3v) is 5.02. The molecule has 0 radical (unpaired) electrons. The quantitative estimate of drug-likeness (QED) is 0.743. The number of hydrogen-bond acceptors (Lipinski definition) is 2. The largest absolute Gasteiger partial charge is 0.345 e. The molecule has 0 aromatic heterocycles. The van der Waals surface area contributed by atoms with Crippen molar-refractivity contribution in [2.24, 2.45) is 11.7 Å². The van der Waals surface area contributed by atoms with Crippen LogP contribution in [0.1, 0.15) is 30.1 Å². The summed E-state index contributed by atoms with van der Waals surface area (Å²) in [4.78, 5) is 12.2. The molecule has 1 amide bonds. The van der Waals surface area contributed by atoms with E-state index in [0.29, 0.717) is 23.0 Å². The van der Waals surface area contributed by atoms with Crippen molar-refractivity contribution in [1.29, 1.82) is 0 Å². The highest BCUT2D eigenvalue weighted by molar-refractivity contribution is 14.1. The second-order valence-corrected chi connectivity index (χ2v) is 6.55. The van der Waals surface area contributed by atoms with Gasteiger partial charge in [0.25, 0.3) is 5.91 Å². The first-order valence-corrected chi connectivity index (χ1v) is 7.39. The third-order valence-electron chi connectivity index (χ3n) is 3.48. The Balaban J connectivity index is 0.00000180. The molecule has 0 aliphatic heterocycles. The molecule has 19 heavy (non-hydrogen) atoms. The van der Waals surface area contributed by atoms with Gasteiger partial charge in [-0.25, -0.2) is 0 Å². The predicted octanol–water partition coefficient (Wildman–Crippen LogP) is 3.22. The smallest absolute Gasteiger partial charge is 0.251 e. The predicted molar refractivity (Wildman–Crippen MR) is 89.1 cm³/mol. The van der Waals surface area contributed by atoms with Crippen LogP contribution in [0.2, 0.25) is 5.02 Å². The van der Waals surface area contributed by atoms with Crippen LogP contribution in [0, 0.1) is 9.49 Å². The van der Waals surface area contributed by atoms with Gasteiger partial charge in [-0.05, 0) is 66.5 Å². The van der Waals surface area contributed by atoms with Crippen molar-refractivity contribution in [2.75, 3.05) is 6.54 Å². The van der Waals surface area contributed by atoms with Crippen molar-refractivity contribution >= 4 is 52.5 Å². The number of nitrogens with two attached hydrogens (primary N) is 1. The molecule has 1 atom stereocenters. The number of carbonyl (C=O) groups excluding carboxylic acids is 1. The molecule has 0 heterocycles. The van der Waals surface area contributed by atoms with Gasteiger partial charge < -0.3 is 11.1 Å². The molecule has 1 aliphatic carbocycles. The first-order valence-electron chi connectivity index (χ1n) is 5.94. The lowest BCUT2D eigenvalue weighted by Gasteiger charge is -2.29. The first-order chi connectivity index (χ1) is 8.46. The highest BCUT2D eigenvalue weighted by Crippen LogP contribution is 2.39. The lowest BCUT2D eigenvalue weighted by Crippen LogP contribution is -2.53. The Morgan fingerprint density at radius 1 is 1.58 bits per heavy atom. The summed E-state index contributed by atoms with van der Waals surface area (Å²) in [6.07, 6.45) is 2.29. The second kappa shape index (κ2) is 6.61. The van der Waals surface area contributed by atoms with Crippen LogP contribution in [-0.4, -0.2) is 18.0 Å². The Morgan fingerprint density at radius 3 is 2.68 bits per heavy atom. The van der Waals surface area contributed by atoms with Crippen molar-refractivity contribution in [1.82, 2.24) is 5.32 Å². The molecule has 6 heteroatoms. The maximum Gasteiger partial charge on any atom is 0.251 e. The maximum absolute atomic E-state index is 12.2. The summed E-state index contributed by atoms with van der Waals surface area (Å²) in [6, 6.07) is 5.28. The lowest BCUT2D eigenvalue weighted by molar-refractivity contribution is 0.0898. The highest BCUT2D eigenvalue weighted by atomic mass is 127. The Bertz CT molecular complexity index is 480. The van der Waals surface area contributed by atoms with E-state index in [2.05, 4.69) is 27.9 Å². The van der Waals surface area contributed by atoms with Crippen molar-refractivity contribution in [3.63, 3.8) is 0 Å². The monoisotopic (exact) mass is 414 g/mol. The van der Waals surface area contributed by atoms with Crippen LogP contribution >= 0.6 is 46.6 Å². The van der Waals surface area contributed by atoms with Crippen LogP contribution in [0.5, 0.6) is 0 Å². The molecule has 1 aromatic carbocycles. The van der Waals surface area contributed by atoms with E-state index in [9.17, 15) is 4.79 Å². The summed E-state index contributed by atoms with van der Waals surface area (Å²) in [5, 5.41) is 3.72. The van der Waals surface area contributed by atoms with E-state index in [1.54, 1.807) is 18.2 Å². The summed E-state index contributed by atoms with van der Waals surface area (Å²) in [5.41, 5.74) is 6.13. The van der Waals surface area contributed by atoms with Gasteiger partial charge in [0.1, 0.15) is 0 Å². The number of nitrogens with one attached hydrogen (secondary N) is 1. The summed E-state index contributed by atoms with van der Waals surface area (Å²) in [7, 11) is 0. The minimum atomic E-state index is -0.290. The molecule has 1 fully saturated rings. The van der Waals surface area contributed by atoms with E-state index in [1.165, 1.54) is 0 Å². The molecule has 3 nitrogen and oxygen atoms in total. The highest BCUT2D eigenvalue weighted by Gasteiger charge is 2.41. The van der Waals surface area contributed by atoms with Crippen LogP contribution in [0.25, 0.3) is 0 Å². The molecule has 0 bridgehead atoms. The number of carbonyl (C=O) groups is 1. The molecule has 1 aromatic rings. The molecule has 2 rings (SSSR count). The summed E-state index contributed by atoms with van der Waals surface area (Å²) in [5.74, 6) is 0.433. The van der Waals surface area contributed by atoms with Crippen LogP contribution in [-0.2, 0) is 0 Å². The minimum absolute atomic E-state index is 0. The number of rotatable bonds is 4. The van der Waals surface area contributed by atoms with Crippen LogP contribution in [0.15, 0.2) is 18.2 Å². The van der Waals surface area contributed by atoms with Crippen molar-refractivity contribution < 1.29 is 4.79 Å². The zero-order valence-electron chi connectivity index (χ0n) is 10.6. The minimum Gasteiger partial charge on any atom is -0.345 e. The van der Waals surface area contributed by atoms with E-state index in [0.717, 1.165) is 16.4 Å². The van der Waals surface area contributed by atoms with E-state index >= 15 is 0 Å². The second-order valence-electron chi connectivity index (χ2n) is 4.98. The fourth-order valence-corrected chi connectivity index (χ4v) is 2.64. The SMILES string of the molecule is CC(CN)(NC(=O)c1ccc(Cl)c(I)c1)C1CC1.Cl. The first kappa shape index (κ1) is 17.0. The third kappa shape index (κ3) is 3.97. The average molecular weight is 415 g/mol. The summed E-state index contributed by atoms with van der Waals surface area (Å²) in [6.45, 7) is 2.48. The Hall–Kier alpha value is -0.0400. The van der Waals surface area contributed by atoms with Crippen molar-refractivity contribution in [3.8, 4) is 0 Å². The van der Waals surface area contributed by atoms with Gasteiger partial charge in [-0.1, -0.05) is 11.6 Å². The van der Waals surface area contributed by atoms with Gasteiger partial charge in [0.15, 0.2) is 0 Å². The molecule has 0 spiro atoms. The number of halogens is 3. The molecular formula is C13H17Cl2IN2O. The van der Waals surface area contributed by atoms with E-state index in [-0.39, 0.29) is 23.9 Å². The molecule has 1 aliphatic rings. The summed E-state index contributed by atoms with van der Waals surface area (Å²) < 4.78 is 0.878. The number of benzene rings is 1. The van der Waals surface area contributed by atoms with Gasteiger partial charge in [-0.3, -0.25) is 4.79 Å². The molecule has 1 unspecified atom stereocenters. The van der Waals surface area contributed by atoms with Crippen LogP contribution < -0.4 is 11.1 Å². The van der Waals surface area contributed by atoms with E-state index in [4.69, 9.17) is 17.3 Å². The van der Waals surface area contributed by atoms with Gasteiger partial charge >= 0.3 is 0 Å². The maximum atomic E-state index is 12.2. The van der Waals surface area contributed by atoms with Gasteiger partial charge in [-0.2, -0.15) is 0 Å². The fourth-order valence-electron chi connectivity index (χ4n) is 2.01. The van der Waals surface area contributed by atoms with Gasteiger partial charge in [0.2, 0.25) is 0 Å². The standard InChI is InChI=1S/C13H16ClIN2O.ClH/c1-13(7-16,9-3-4-9)17-12(18)8-2-5-10(14)11(15)6-8;/h2,5-6,9H,3-4,7,16H2,1H3,(H,17,18);1H. The van der Waals surface area contributed by atoms with Crippen molar-refractivity contribution in [2.45, 2.75) is 25.3 Å². The molecule has 3 N–H and O–H groups in total. The van der Waals surface area contributed by atoms with Gasteiger partial charge in [-0.15, -0.1) is 12.4 Å². The van der Waals surface area contributed by atoms with Gasteiger partial charge in [0, 0.05) is 15.7 Å². The normalized spacial score (nSPS) is 17.3. The lowest BCUT2D eigenvalue weighted by atomic mass is 9.95. The molecule has 106 valence electrons.